The van der Waals surface area contributed by atoms with E-state index in [-0.39, 0.29) is 56.4 Å². The summed E-state index contributed by atoms with van der Waals surface area (Å²) in [7, 11) is -3.91. The van der Waals surface area contributed by atoms with Gasteiger partial charge in [0.1, 0.15) is 17.2 Å². The van der Waals surface area contributed by atoms with Crippen molar-refractivity contribution in [1.82, 2.24) is 9.62 Å². The lowest BCUT2D eigenvalue weighted by Crippen LogP contribution is -2.50. The third kappa shape index (κ3) is 6.25. The number of halogens is 4. The summed E-state index contributed by atoms with van der Waals surface area (Å²) in [5.74, 6) is -2.38. The maximum Gasteiger partial charge on any atom is 0.419 e. The number of anilines is 1. The quantitative estimate of drug-likeness (QED) is 0.465. The second-order valence-corrected chi connectivity index (χ2v) is 12.1. The molecule has 226 valence electrons. The number of amides is 2. The molecule has 2 amide bonds. The lowest BCUT2D eigenvalue weighted by Gasteiger charge is -2.34. The van der Waals surface area contributed by atoms with E-state index in [9.17, 15) is 40.7 Å². The lowest BCUT2D eigenvalue weighted by molar-refractivity contribution is -0.140. The summed E-state index contributed by atoms with van der Waals surface area (Å²) in [4.78, 5) is 30.6. The van der Waals surface area contributed by atoms with Crippen LogP contribution in [0.5, 0.6) is 0 Å². The largest absolute Gasteiger partial charge is 0.419 e. The number of amidine groups is 1. The highest BCUT2D eigenvalue weighted by Crippen LogP contribution is 2.35. The summed E-state index contributed by atoms with van der Waals surface area (Å²) in [6, 6.07) is 5.79. The van der Waals surface area contributed by atoms with E-state index >= 15 is 0 Å². The van der Waals surface area contributed by atoms with Gasteiger partial charge in [-0.1, -0.05) is 0 Å². The second-order valence-electron chi connectivity index (χ2n) is 10.3. The molecular formula is C28H30F4N4O5S. The molecule has 0 unspecified atom stereocenters. The van der Waals surface area contributed by atoms with Crippen LogP contribution in [0.2, 0.25) is 0 Å². The minimum Gasteiger partial charge on any atom is -0.395 e. The van der Waals surface area contributed by atoms with Crippen molar-refractivity contribution in [3.8, 4) is 0 Å². The number of benzene rings is 2. The highest BCUT2D eigenvalue weighted by Gasteiger charge is 2.47. The first kappa shape index (κ1) is 31.3. The molecule has 42 heavy (non-hydrogen) atoms. The maximum atomic E-state index is 13.7. The molecule has 1 fully saturated rings. The van der Waals surface area contributed by atoms with Gasteiger partial charge >= 0.3 is 6.18 Å². The number of hydrogen-bond acceptors (Lipinski definition) is 6. The van der Waals surface area contributed by atoms with Crippen molar-refractivity contribution in [2.24, 2.45) is 4.99 Å². The molecule has 4 rings (SSSR count). The first-order valence-corrected chi connectivity index (χ1v) is 14.6. The second kappa shape index (κ2) is 11.6. The van der Waals surface area contributed by atoms with Gasteiger partial charge in [-0.3, -0.25) is 14.6 Å². The Morgan fingerprint density at radius 2 is 1.79 bits per heavy atom. The van der Waals surface area contributed by atoms with Gasteiger partial charge in [-0.25, -0.2) is 12.8 Å². The van der Waals surface area contributed by atoms with Gasteiger partial charge in [0.2, 0.25) is 15.9 Å². The molecule has 2 aromatic carbocycles. The third-order valence-corrected chi connectivity index (χ3v) is 9.00. The summed E-state index contributed by atoms with van der Waals surface area (Å²) >= 11 is 0. The number of aliphatic hydroxyl groups excluding tert-OH is 1. The van der Waals surface area contributed by atoms with E-state index in [0.29, 0.717) is 23.4 Å². The number of aliphatic imine (C=N–C) groups is 1. The number of hydrogen-bond donors (Lipinski definition) is 2. The molecule has 0 aliphatic carbocycles. The normalized spacial score (nSPS) is 17.5. The standard InChI is InChI=1S/C28H30F4N4O5S/c1-17-14-21(36(11-12-37)19(3)38)15-18(2)22(17)6-13-42(40,41)35-9-7-27(8-10-35)26(39)33-25(34-27)20-4-5-24(29)23(16-20)28(30,31)32/h4-6,13-16,37H,7-12H2,1-3H3,(H,33,34,39)/b13-6+. The SMILES string of the molecule is CC(=O)N(CCO)c1cc(C)c(/C=C/S(=O)(=O)N2CCC3(CC2)N=C(c2ccc(F)c(C(F)(F)F)c2)NC3=O)c(C)c1. The molecule has 9 nitrogen and oxygen atoms in total. The number of rotatable bonds is 7. The Morgan fingerprint density at radius 3 is 2.33 bits per heavy atom. The Balaban J connectivity index is 1.50. The molecule has 2 N–H and O–H groups in total. The number of nitrogens with zero attached hydrogens (tertiary/aromatic N) is 3. The van der Waals surface area contributed by atoms with E-state index in [1.807, 2.05) is 0 Å². The summed E-state index contributed by atoms with van der Waals surface area (Å²) in [6.07, 6.45) is -3.46. The van der Waals surface area contributed by atoms with Gasteiger partial charge < -0.3 is 15.3 Å². The lowest BCUT2D eigenvalue weighted by atomic mass is 9.89. The highest BCUT2D eigenvalue weighted by molar-refractivity contribution is 7.92. The average molecular weight is 611 g/mol. The summed E-state index contributed by atoms with van der Waals surface area (Å²) in [6.45, 7) is 4.73. The zero-order valence-corrected chi connectivity index (χ0v) is 23.9. The van der Waals surface area contributed by atoms with Crippen LogP contribution in [0, 0.1) is 19.7 Å². The monoisotopic (exact) mass is 610 g/mol. The minimum absolute atomic E-state index is 0.00121. The molecule has 0 bridgehead atoms. The van der Waals surface area contributed by atoms with Crippen molar-refractivity contribution in [2.75, 3.05) is 31.1 Å². The Morgan fingerprint density at radius 1 is 1.17 bits per heavy atom. The number of carbonyl (C=O) groups excluding carboxylic acids is 2. The first-order chi connectivity index (χ1) is 19.6. The third-order valence-electron chi connectivity index (χ3n) is 7.44. The number of carbonyl (C=O) groups is 2. The number of piperidine rings is 1. The number of aryl methyl sites for hydroxylation is 2. The van der Waals surface area contributed by atoms with Gasteiger partial charge in [-0.05, 0) is 79.8 Å². The van der Waals surface area contributed by atoms with Crippen LogP contribution < -0.4 is 10.2 Å². The number of nitrogens with one attached hydrogen (secondary N) is 1. The molecule has 14 heteroatoms. The highest BCUT2D eigenvalue weighted by atomic mass is 32.2. The molecule has 2 aliphatic heterocycles. The van der Waals surface area contributed by atoms with E-state index in [2.05, 4.69) is 10.3 Å². The summed E-state index contributed by atoms with van der Waals surface area (Å²) in [5, 5.41) is 12.8. The molecule has 1 saturated heterocycles. The molecule has 0 aromatic heterocycles. The fourth-order valence-corrected chi connectivity index (χ4v) is 6.34. The van der Waals surface area contributed by atoms with E-state index in [0.717, 1.165) is 22.6 Å². The summed E-state index contributed by atoms with van der Waals surface area (Å²) in [5.41, 5.74) is -0.269. The van der Waals surface area contributed by atoms with E-state index in [4.69, 9.17) is 0 Å². The van der Waals surface area contributed by atoms with Gasteiger partial charge in [0.15, 0.2) is 0 Å². The smallest absolute Gasteiger partial charge is 0.395 e. The van der Waals surface area contributed by atoms with Crippen molar-refractivity contribution in [3.63, 3.8) is 0 Å². The van der Waals surface area contributed by atoms with Gasteiger partial charge in [0.25, 0.3) is 5.91 Å². The van der Waals surface area contributed by atoms with E-state index in [1.165, 1.54) is 22.2 Å². The van der Waals surface area contributed by atoms with Crippen LogP contribution in [0.1, 0.15) is 47.6 Å². The van der Waals surface area contributed by atoms with E-state index in [1.54, 1.807) is 26.0 Å². The van der Waals surface area contributed by atoms with Crippen LogP contribution in [-0.4, -0.2) is 67.3 Å². The van der Waals surface area contributed by atoms with Crippen LogP contribution in [-0.2, 0) is 25.8 Å². The van der Waals surface area contributed by atoms with Gasteiger partial charge in [0.05, 0.1) is 12.2 Å². The van der Waals surface area contributed by atoms with Crippen molar-refractivity contribution in [3.05, 3.63) is 69.4 Å². The van der Waals surface area contributed by atoms with Crippen LogP contribution >= 0.6 is 0 Å². The fraction of sp³-hybridized carbons (Fsp3) is 0.393. The average Bonchev–Trinajstić information content (AvgIpc) is 3.21. The number of aliphatic hydroxyl groups is 1. The Hall–Kier alpha value is -3.62. The molecule has 2 aliphatic rings. The van der Waals surface area contributed by atoms with E-state index < -0.39 is 39.0 Å². The molecule has 2 aromatic rings. The van der Waals surface area contributed by atoms with Crippen LogP contribution in [0.4, 0.5) is 23.2 Å². The maximum absolute atomic E-state index is 13.7. The Kier molecular flexibility index (Phi) is 8.63. The Bertz CT molecular complexity index is 1560. The van der Waals surface area contributed by atoms with Crippen molar-refractivity contribution in [1.29, 1.82) is 0 Å². The van der Waals surface area contributed by atoms with Crippen LogP contribution in [0.3, 0.4) is 0 Å². The van der Waals surface area contributed by atoms with Crippen molar-refractivity contribution in [2.45, 2.75) is 45.3 Å². The van der Waals surface area contributed by atoms with Gasteiger partial charge in [0, 0.05) is 43.2 Å². The first-order valence-electron chi connectivity index (χ1n) is 13.0. The fourth-order valence-electron chi connectivity index (χ4n) is 5.17. The number of alkyl halides is 3. The van der Waals surface area contributed by atoms with Crippen molar-refractivity contribution >= 4 is 39.4 Å². The zero-order chi connectivity index (χ0) is 31.0. The summed E-state index contributed by atoms with van der Waals surface area (Å²) < 4.78 is 80.7. The predicted molar refractivity (Wildman–Crippen MR) is 149 cm³/mol. The molecule has 1 spiro atoms. The molecular weight excluding hydrogens is 580 g/mol. The minimum atomic E-state index is -4.93. The molecule has 0 radical (unpaired) electrons. The van der Waals surface area contributed by atoms with Crippen LogP contribution in [0.25, 0.3) is 6.08 Å². The Labute approximate surface area is 240 Å². The van der Waals surface area contributed by atoms with Gasteiger partial charge in [-0.15, -0.1) is 0 Å². The predicted octanol–water partition coefficient (Wildman–Crippen LogP) is 3.52. The topological polar surface area (TPSA) is 119 Å². The van der Waals surface area contributed by atoms with Crippen molar-refractivity contribution < 1.29 is 40.7 Å². The zero-order valence-electron chi connectivity index (χ0n) is 23.1. The van der Waals surface area contributed by atoms with Crippen LogP contribution in [0.15, 0.2) is 40.7 Å². The number of sulfonamides is 1. The molecule has 0 atom stereocenters. The van der Waals surface area contributed by atoms with Gasteiger partial charge in [-0.2, -0.15) is 17.5 Å². The molecule has 2 heterocycles. The molecule has 0 saturated carbocycles.